The molecule has 9 nitrogen and oxygen atoms in total. The fourth-order valence-electron chi connectivity index (χ4n) is 5.79. The molecule has 1 saturated carbocycles. The average molecular weight is 522 g/mol. The van der Waals surface area contributed by atoms with Crippen LogP contribution in [0.3, 0.4) is 0 Å². The van der Waals surface area contributed by atoms with E-state index in [-0.39, 0.29) is 29.4 Å². The summed E-state index contributed by atoms with van der Waals surface area (Å²) in [5, 5.41) is 23.4. The van der Waals surface area contributed by atoms with E-state index in [1.54, 1.807) is 48.5 Å². The number of anilines is 1. The number of hydrazine groups is 1. The number of carbonyl (C=O) groups is 2. The number of benzene rings is 2. The molecule has 38 heavy (non-hydrogen) atoms. The SMILES string of the molecule is CCOc1cc(C(O)C2C=CC3C(=O)N(C4CCCCC4)C(=O)C3N2Nc2ccc(OC)cc2)ccc1O. The summed E-state index contributed by atoms with van der Waals surface area (Å²) in [6.07, 6.45) is 7.25. The van der Waals surface area contributed by atoms with Gasteiger partial charge in [0, 0.05) is 11.7 Å². The number of amides is 2. The van der Waals surface area contributed by atoms with Crippen molar-refractivity contribution in [2.45, 2.75) is 63.3 Å². The second kappa shape index (κ2) is 11.0. The number of hydrogen-bond donors (Lipinski definition) is 3. The maximum atomic E-state index is 13.9. The van der Waals surface area contributed by atoms with Crippen LogP contribution < -0.4 is 14.9 Å². The van der Waals surface area contributed by atoms with Crippen molar-refractivity contribution in [1.82, 2.24) is 9.91 Å². The van der Waals surface area contributed by atoms with Crippen molar-refractivity contribution in [2.24, 2.45) is 5.92 Å². The minimum Gasteiger partial charge on any atom is -0.504 e. The second-order valence-electron chi connectivity index (χ2n) is 10.0. The first-order chi connectivity index (χ1) is 18.4. The standard InChI is InChI=1S/C29H35N3O6/c1-3-38-25-17-18(9-16-24(25)33)27(34)23-15-14-22-26(32(23)30-19-10-12-21(37-2)13-11-19)29(36)31(28(22)35)20-7-5-4-6-8-20/h9-17,20,22-23,26-27,30,33-34H,3-8H2,1-2H3. The van der Waals surface area contributed by atoms with Gasteiger partial charge >= 0.3 is 0 Å². The van der Waals surface area contributed by atoms with E-state index in [0.717, 1.165) is 32.1 Å². The number of likely N-dealkylation sites (tertiary alicyclic amines) is 1. The second-order valence-corrected chi connectivity index (χ2v) is 10.0. The van der Waals surface area contributed by atoms with Gasteiger partial charge in [-0.1, -0.05) is 37.5 Å². The summed E-state index contributed by atoms with van der Waals surface area (Å²) >= 11 is 0. The quantitative estimate of drug-likeness (QED) is 0.356. The van der Waals surface area contributed by atoms with Crippen LogP contribution >= 0.6 is 0 Å². The predicted molar refractivity (Wildman–Crippen MR) is 142 cm³/mol. The highest BCUT2D eigenvalue weighted by Crippen LogP contribution is 2.40. The van der Waals surface area contributed by atoms with Gasteiger partial charge in [0.2, 0.25) is 11.8 Å². The van der Waals surface area contributed by atoms with E-state index in [4.69, 9.17) is 9.47 Å². The number of imide groups is 1. The van der Waals surface area contributed by atoms with Crippen molar-refractivity contribution >= 4 is 17.5 Å². The Morgan fingerprint density at radius 1 is 1.03 bits per heavy atom. The van der Waals surface area contributed by atoms with Crippen LogP contribution in [0.25, 0.3) is 0 Å². The Hall–Kier alpha value is -3.56. The normalized spacial score (nSPS) is 24.8. The highest BCUT2D eigenvalue weighted by Gasteiger charge is 2.55. The molecule has 202 valence electrons. The van der Waals surface area contributed by atoms with E-state index in [1.165, 1.54) is 11.0 Å². The predicted octanol–water partition coefficient (Wildman–Crippen LogP) is 3.79. The Balaban J connectivity index is 1.50. The maximum absolute atomic E-state index is 13.9. The number of hydrogen-bond acceptors (Lipinski definition) is 8. The summed E-state index contributed by atoms with van der Waals surface area (Å²) in [5.41, 5.74) is 4.52. The highest BCUT2D eigenvalue weighted by atomic mass is 16.5. The fraction of sp³-hybridized carbons (Fsp3) is 0.448. The molecular weight excluding hydrogens is 486 g/mol. The molecule has 0 spiro atoms. The van der Waals surface area contributed by atoms with E-state index in [9.17, 15) is 19.8 Å². The van der Waals surface area contributed by atoms with Gasteiger partial charge in [-0.25, -0.2) is 5.01 Å². The molecule has 0 radical (unpaired) electrons. The van der Waals surface area contributed by atoms with Crippen molar-refractivity contribution < 1.29 is 29.3 Å². The molecule has 3 N–H and O–H groups in total. The lowest BCUT2D eigenvalue weighted by Gasteiger charge is -2.41. The van der Waals surface area contributed by atoms with Crippen LogP contribution in [0.15, 0.2) is 54.6 Å². The van der Waals surface area contributed by atoms with Crippen LogP contribution in [0, 0.1) is 5.92 Å². The van der Waals surface area contributed by atoms with E-state index < -0.39 is 24.1 Å². The minimum absolute atomic E-state index is 0.0186. The first-order valence-electron chi connectivity index (χ1n) is 13.3. The van der Waals surface area contributed by atoms with Crippen molar-refractivity contribution in [2.75, 3.05) is 19.1 Å². The summed E-state index contributed by atoms with van der Waals surface area (Å²) in [7, 11) is 1.59. The minimum atomic E-state index is -1.08. The van der Waals surface area contributed by atoms with Crippen LogP contribution in [-0.2, 0) is 9.59 Å². The molecule has 5 rings (SSSR count). The molecule has 0 aromatic heterocycles. The molecule has 9 heteroatoms. The Kier molecular flexibility index (Phi) is 7.58. The number of nitrogens with zero attached hydrogens (tertiary/aromatic N) is 2. The number of methoxy groups -OCH3 is 1. The fourth-order valence-corrected chi connectivity index (χ4v) is 5.79. The summed E-state index contributed by atoms with van der Waals surface area (Å²) in [4.78, 5) is 28.9. The van der Waals surface area contributed by atoms with Crippen molar-refractivity contribution in [1.29, 1.82) is 0 Å². The van der Waals surface area contributed by atoms with Gasteiger partial charge in [-0.2, -0.15) is 0 Å². The van der Waals surface area contributed by atoms with Gasteiger partial charge in [0.05, 0.1) is 25.7 Å². The van der Waals surface area contributed by atoms with Crippen LogP contribution in [-0.4, -0.2) is 63.8 Å². The Morgan fingerprint density at radius 3 is 2.45 bits per heavy atom. The lowest BCUT2D eigenvalue weighted by Crippen LogP contribution is -2.56. The van der Waals surface area contributed by atoms with Crippen molar-refractivity contribution in [3.63, 3.8) is 0 Å². The molecule has 2 fully saturated rings. The molecule has 4 atom stereocenters. The van der Waals surface area contributed by atoms with Gasteiger partial charge in [0.1, 0.15) is 17.9 Å². The molecule has 2 aromatic rings. The number of rotatable bonds is 8. The number of phenolic OH excluding ortho intramolecular Hbond substituents is 1. The number of ether oxygens (including phenoxy) is 2. The van der Waals surface area contributed by atoms with E-state index in [2.05, 4.69) is 5.43 Å². The molecule has 2 amide bonds. The molecule has 1 aliphatic carbocycles. The number of fused-ring (bicyclic) bond motifs is 1. The van der Waals surface area contributed by atoms with Gasteiger partial charge in [0.15, 0.2) is 11.5 Å². The number of nitrogens with one attached hydrogen (secondary N) is 1. The Labute approximate surface area is 222 Å². The zero-order valence-corrected chi connectivity index (χ0v) is 21.7. The number of aliphatic hydroxyl groups is 1. The molecule has 4 unspecified atom stereocenters. The molecular formula is C29H35N3O6. The van der Waals surface area contributed by atoms with Gasteiger partial charge in [0.25, 0.3) is 0 Å². The van der Waals surface area contributed by atoms with Gasteiger partial charge < -0.3 is 25.1 Å². The largest absolute Gasteiger partial charge is 0.504 e. The zero-order chi connectivity index (χ0) is 26.8. The van der Waals surface area contributed by atoms with Crippen LogP contribution in [0.1, 0.15) is 50.7 Å². The van der Waals surface area contributed by atoms with Crippen LogP contribution in [0.4, 0.5) is 5.69 Å². The van der Waals surface area contributed by atoms with Crippen LogP contribution in [0.2, 0.25) is 0 Å². The third kappa shape index (κ3) is 4.83. The Morgan fingerprint density at radius 2 is 1.76 bits per heavy atom. The summed E-state index contributed by atoms with van der Waals surface area (Å²) in [6.45, 7) is 2.17. The third-order valence-electron chi connectivity index (χ3n) is 7.73. The third-order valence-corrected chi connectivity index (χ3v) is 7.73. The van der Waals surface area contributed by atoms with E-state index in [1.807, 2.05) is 19.1 Å². The molecule has 0 bridgehead atoms. The van der Waals surface area contributed by atoms with Crippen molar-refractivity contribution in [3.05, 3.63) is 60.2 Å². The monoisotopic (exact) mass is 521 g/mol. The van der Waals surface area contributed by atoms with Gasteiger partial charge in [-0.3, -0.25) is 14.5 Å². The average Bonchev–Trinajstić information content (AvgIpc) is 3.20. The van der Waals surface area contributed by atoms with E-state index >= 15 is 0 Å². The summed E-state index contributed by atoms with van der Waals surface area (Å²) < 4.78 is 10.8. The Bertz CT molecular complexity index is 1190. The first kappa shape index (κ1) is 26.1. The topological polar surface area (TPSA) is 112 Å². The number of aliphatic hydroxyl groups excluding tert-OH is 1. The summed E-state index contributed by atoms with van der Waals surface area (Å²) in [6, 6.07) is 10.4. The van der Waals surface area contributed by atoms with E-state index in [0.29, 0.717) is 23.6 Å². The van der Waals surface area contributed by atoms with Crippen molar-refractivity contribution in [3.8, 4) is 17.2 Å². The molecule has 2 aliphatic heterocycles. The lowest BCUT2D eigenvalue weighted by atomic mass is 9.90. The zero-order valence-electron chi connectivity index (χ0n) is 21.7. The molecule has 2 heterocycles. The molecule has 3 aliphatic rings. The highest BCUT2D eigenvalue weighted by molar-refractivity contribution is 6.08. The molecule has 1 saturated heterocycles. The summed E-state index contributed by atoms with van der Waals surface area (Å²) in [5.74, 6) is -0.123. The maximum Gasteiger partial charge on any atom is 0.249 e. The van der Waals surface area contributed by atoms with Gasteiger partial charge in [-0.05, 0) is 61.7 Å². The van der Waals surface area contributed by atoms with Crippen LogP contribution in [0.5, 0.6) is 17.2 Å². The smallest absolute Gasteiger partial charge is 0.249 e. The molecule has 2 aromatic carbocycles. The first-order valence-corrected chi connectivity index (χ1v) is 13.3. The van der Waals surface area contributed by atoms with Gasteiger partial charge in [-0.15, -0.1) is 0 Å². The number of aromatic hydroxyl groups is 1. The number of carbonyl (C=O) groups excluding carboxylic acids is 2. The lowest BCUT2D eigenvalue weighted by molar-refractivity contribution is -0.143. The number of phenols is 1.